The highest BCUT2D eigenvalue weighted by Crippen LogP contribution is 2.34. The van der Waals surface area contributed by atoms with Gasteiger partial charge in [0, 0.05) is 6.92 Å². The smallest absolute Gasteiger partial charge is 0.413 e. The van der Waals surface area contributed by atoms with E-state index in [9.17, 15) is 14.4 Å². The van der Waals surface area contributed by atoms with Gasteiger partial charge < -0.3 is 18.9 Å². The number of ketones is 1. The Morgan fingerprint density at radius 2 is 1.96 bits per heavy atom. The van der Waals surface area contributed by atoms with Crippen LogP contribution in [0.4, 0.5) is 4.79 Å². The molecule has 2 heterocycles. The molecular weight excluding hydrogens is 330 g/mol. The molecule has 1 fully saturated rings. The van der Waals surface area contributed by atoms with Crippen molar-refractivity contribution in [3.8, 4) is 0 Å². The van der Waals surface area contributed by atoms with Crippen molar-refractivity contribution in [3.63, 3.8) is 0 Å². The fraction of sp³-hybridized carbons (Fsp3) is 0.706. The van der Waals surface area contributed by atoms with Crippen molar-refractivity contribution in [1.82, 2.24) is 4.90 Å². The Morgan fingerprint density at radius 1 is 1.32 bits per heavy atom. The summed E-state index contributed by atoms with van der Waals surface area (Å²) in [5.74, 6) is -1.09. The highest BCUT2D eigenvalue weighted by Gasteiger charge is 2.50. The zero-order valence-electron chi connectivity index (χ0n) is 15.5. The zero-order valence-corrected chi connectivity index (χ0v) is 15.5. The van der Waals surface area contributed by atoms with Gasteiger partial charge in [-0.3, -0.25) is 14.5 Å². The average Bonchev–Trinajstić information content (AvgIpc) is 2.74. The molecule has 8 heteroatoms. The molecule has 0 radical (unpaired) electrons. The molecule has 0 bridgehead atoms. The number of hydrogen-bond acceptors (Lipinski definition) is 7. The van der Waals surface area contributed by atoms with E-state index in [-0.39, 0.29) is 24.6 Å². The van der Waals surface area contributed by atoms with E-state index >= 15 is 0 Å². The molecule has 8 nitrogen and oxygen atoms in total. The highest BCUT2D eigenvalue weighted by atomic mass is 16.6. The number of esters is 1. The Bertz CT molecular complexity index is 603. The van der Waals surface area contributed by atoms with E-state index < -0.39 is 35.5 Å². The SMILES string of the molecule is CC(=O)OC1=CO[C@@H]([C@@H]2COC(C)(C)N2C(=O)OC(C)(C)C)CC1=O. The monoisotopic (exact) mass is 355 g/mol. The van der Waals surface area contributed by atoms with E-state index in [2.05, 4.69) is 0 Å². The van der Waals surface area contributed by atoms with Gasteiger partial charge in [-0.2, -0.15) is 0 Å². The van der Waals surface area contributed by atoms with Crippen molar-refractivity contribution in [2.75, 3.05) is 6.61 Å². The number of carbonyl (C=O) groups excluding carboxylic acids is 3. The normalized spacial score (nSPS) is 25.9. The number of ether oxygens (including phenoxy) is 4. The summed E-state index contributed by atoms with van der Waals surface area (Å²) >= 11 is 0. The minimum Gasteiger partial charge on any atom is -0.491 e. The van der Waals surface area contributed by atoms with Crippen LogP contribution in [0.25, 0.3) is 0 Å². The topological polar surface area (TPSA) is 91.4 Å². The molecule has 2 aliphatic heterocycles. The second kappa shape index (κ2) is 6.67. The first kappa shape index (κ1) is 19.2. The van der Waals surface area contributed by atoms with Crippen molar-refractivity contribution in [2.45, 2.75) is 71.4 Å². The average molecular weight is 355 g/mol. The highest BCUT2D eigenvalue weighted by molar-refractivity contribution is 5.96. The molecule has 1 amide bonds. The lowest BCUT2D eigenvalue weighted by molar-refractivity contribution is -0.142. The van der Waals surface area contributed by atoms with Crippen molar-refractivity contribution < 1.29 is 33.3 Å². The number of amides is 1. The van der Waals surface area contributed by atoms with Gasteiger partial charge in [-0.15, -0.1) is 0 Å². The van der Waals surface area contributed by atoms with E-state index in [1.54, 1.807) is 34.6 Å². The van der Waals surface area contributed by atoms with E-state index in [1.807, 2.05) is 0 Å². The van der Waals surface area contributed by atoms with Crippen LogP contribution >= 0.6 is 0 Å². The minimum atomic E-state index is -0.890. The summed E-state index contributed by atoms with van der Waals surface area (Å²) in [4.78, 5) is 37.2. The Hall–Kier alpha value is -2.09. The summed E-state index contributed by atoms with van der Waals surface area (Å²) < 4.78 is 21.5. The lowest BCUT2D eigenvalue weighted by Crippen LogP contribution is -2.54. The second-order valence-electron chi connectivity index (χ2n) is 7.55. The molecule has 0 aliphatic carbocycles. The first-order valence-corrected chi connectivity index (χ1v) is 8.14. The molecule has 0 N–H and O–H groups in total. The van der Waals surface area contributed by atoms with Crippen molar-refractivity contribution in [3.05, 3.63) is 12.0 Å². The molecule has 2 aliphatic rings. The fourth-order valence-corrected chi connectivity index (χ4v) is 2.78. The van der Waals surface area contributed by atoms with Gasteiger partial charge in [0.15, 0.2) is 0 Å². The standard InChI is InChI=1S/C17H25NO7/c1-10(19)24-14-9-22-13(7-12(14)20)11-8-23-17(5,6)18(11)15(21)25-16(2,3)4/h9,11,13H,7-8H2,1-6H3/t11-,13+/m0/s1. The number of hydrogen-bond donors (Lipinski definition) is 0. The predicted octanol–water partition coefficient (Wildman–Crippen LogP) is 2.12. The number of nitrogens with zero attached hydrogens (tertiary/aromatic N) is 1. The van der Waals surface area contributed by atoms with Gasteiger partial charge in [0.05, 0.1) is 19.1 Å². The summed E-state index contributed by atoms with van der Waals surface area (Å²) in [5.41, 5.74) is -1.55. The summed E-state index contributed by atoms with van der Waals surface area (Å²) in [5, 5.41) is 0. The Labute approximate surface area is 147 Å². The lowest BCUT2D eigenvalue weighted by atomic mass is 10.0. The Morgan fingerprint density at radius 3 is 2.48 bits per heavy atom. The van der Waals surface area contributed by atoms with Crippen LogP contribution in [0.2, 0.25) is 0 Å². The number of rotatable bonds is 2. The van der Waals surface area contributed by atoms with E-state index in [1.165, 1.54) is 11.8 Å². The number of carbonyl (C=O) groups is 3. The molecule has 0 spiro atoms. The van der Waals surface area contributed by atoms with Crippen LogP contribution in [0, 0.1) is 0 Å². The second-order valence-corrected chi connectivity index (χ2v) is 7.55. The summed E-state index contributed by atoms with van der Waals surface area (Å²) in [7, 11) is 0. The van der Waals surface area contributed by atoms with Crippen LogP contribution < -0.4 is 0 Å². The molecule has 0 unspecified atom stereocenters. The van der Waals surface area contributed by atoms with Crippen LogP contribution in [0.5, 0.6) is 0 Å². The Kier molecular flexibility index (Phi) is 5.13. The van der Waals surface area contributed by atoms with Crippen molar-refractivity contribution in [1.29, 1.82) is 0 Å². The molecule has 2 rings (SSSR count). The predicted molar refractivity (Wildman–Crippen MR) is 86.2 cm³/mol. The maximum absolute atomic E-state index is 12.6. The third-order valence-electron chi connectivity index (χ3n) is 3.80. The zero-order chi connectivity index (χ0) is 19.0. The minimum absolute atomic E-state index is 0.0253. The van der Waals surface area contributed by atoms with Gasteiger partial charge in [-0.05, 0) is 34.6 Å². The molecule has 0 aromatic rings. The third-order valence-corrected chi connectivity index (χ3v) is 3.80. The largest absolute Gasteiger partial charge is 0.491 e. The van der Waals surface area contributed by atoms with Gasteiger partial charge in [0.2, 0.25) is 11.5 Å². The molecule has 0 aromatic heterocycles. The van der Waals surface area contributed by atoms with Crippen LogP contribution in [0.15, 0.2) is 12.0 Å². The van der Waals surface area contributed by atoms with Crippen molar-refractivity contribution >= 4 is 17.8 Å². The van der Waals surface area contributed by atoms with Crippen LogP contribution in [0.3, 0.4) is 0 Å². The van der Waals surface area contributed by atoms with Gasteiger partial charge in [0.1, 0.15) is 23.7 Å². The lowest BCUT2D eigenvalue weighted by Gasteiger charge is -2.37. The first-order chi connectivity index (χ1) is 11.4. The van der Waals surface area contributed by atoms with Gasteiger partial charge in [-0.1, -0.05) is 0 Å². The summed E-state index contributed by atoms with van der Waals surface area (Å²) in [6.45, 7) is 10.2. The van der Waals surface area contributed by atoms with Gasteiger partial charge in [-0.25, -0.2) is 4.79 Å². The molecular formula is C17H25NO7. The van der Waals surface area contributed by atoms with Gasteiger partial charge in [0.25, 0.3) is 0 Å². The quantitative estimate of drug-likeness (QED) is 0.701. The Balaban J connectivity index is 2.18. The molecule has 2 atom stereocenters. The van der Waals surface area contributed by atoms with Crippen LogP contribution in [-0.2, 0) is 28.5 Å². The molecule has 0 saturated carbocycles. The van der Waals surface area contributed by atoms with Gasteiger partial charge >= 0.3 is 12.1 Å². The molecule has 1 saturated heterocycles. The summed E-state index contributed by atoms with van der Waals surface area (Å²) in [6.07, 6.45) is -0.0501. The van der Waals surface area contributed by atoms with E-state index in [0.29, 0.717) is 0 Å². The fourth-order valence-electron chi connectivity index (χ4n) is 2.78. The van der Waals surface area contributed by atoms with Crippen LogP contribution in [-0.4, -0.2) is 52.8 Å². The van der Waals surface area contributed by atoms with E-state index in [4.69, 9.17) is 18.9 Å². The number of Topliss-reactive ketones (excluding diaryl/α,β-unsaturated/α-hetero) is 1. The summed E-state index contributed by atoms with van der Waals surface area (Å²) in [6, 6.07) is -0.496. The molecule has 25 heavy (non-hydrogen) atoms. The maximum atomic E-state index is 12.6. The van der Waals surface area contributed by atoms with E-state index in [0.717, 1.165) is 6.26 Å². The molecule has 0 aromatic carbocycles. The number of allylic oxidation sites excluding steroid dienone is 1. The molecule has 140 valence electrons. The van der Waals surface area contributed by atoms with Crippen molar-refractivity contribution in [2.24, 2.45) is 0 Å². The first-order valence-electron chi connectivity index (χ1n) is 8.14. The third kappa shape index (κ3) is 4.50. The van der Waals surface area contributed by atoms with Crippen LogP contribution in [0.1, 0.15) is 48.0 Å². The maximum Gasteiger partial charge on any atom is 0.413 e.